The van der Waals surface area contributed by atoms with Crippen LogP contribution in [0, 0.1) is 0 Å². The van der Waals surface area contributed by atoms with Gasteiger partial charge in [0.1, 0.15) is 0 Å². The van der Waals surface area contributed by atoms with E-state index in [2.05, 4.69) is 20.7 Å². The summed E-state index contributed by atoms with van der Waals surface area (Å²) in [4.78, 5) is 35.1. The Hall–Kier alpha value is -3.17. The van der Waals surface area contributed by atoms with Gasteiger partial charge in [-0.1, -0.05) is 0 Å². The largest absolute Gasteiger partial charge is 0.450 e. The number of hydrogen-bond donors (Lipinski definition) is 2. The molecular formula is C20H27N7O3. The molecule has 3 heterocycles. The molecule has 0 bridgehead atoms. The van der Waals surface area contributed by atoms with E-state index in [1.165, 1.54) is 0 Å². The number of rotatable bonds is 4. The first-order valence-electron chi connectivity index (χ1n) is 10.3. The van der Waals surface area contributed by atoms with E-state index in [0.717, 1.165) is 48.2 Å². The van der Waals surface area contributed by atoms with Gasteiger partial charge in [-0.15, -0.1) is 0 Å². The van der Waals surface area contributed by atoms with Crippen LogP contribution in [-0.4, -0.2) is 69.4 Å². The van der Waals surface area contributed by atoms with E-state index in [4.69, 9.17) is 9.72 Å². The summed E-state index contributed by atoms with van der Waals surface area (Å²) in [5.41, 5.74) is 4.13. The van der Waals surface area contributed by atoms with Crippen LogP contribution in [0.25, 0.3) is 11.4 Å². The molecule has 2 aromatic rings. The van der Waals surface area contributed by atoms with Crippen molar-refractivity contribution in [3.8, 4) is 11.4 Å². The Bertz CT molecular complexity index is 964. The molecule has 1 fully saturated rings. The summed E-state index contributed by atoms with van der Waals surface area (Å²) in [7, 11) is 3.44. The topological polar surface area (TPSA) is 114 Å². The van der Waals surface area contributed by atoms with Crippen molar-refractivity contribution in [2.75, 3.05) is 32.1 Å². The smallest absolute Gasteiger partial charge is 0.409 e. The Morgan fingerprint density at radius 3 is 2.73 bits per heavy atom. The first kappa shape index (κ1) is 20.1. The molecule has 2 aromatic heterocycles. The Kier molecular flexibility index (Phi) is 5.56. The van der Waals surface area contributed by atoms with Crippen molar-refractivity contribution < 1.29 is 14.3 Å². The minimum absolute atomic E-state index is 0.184. The average molecular weight is 413 g/mol. The van der Waals surface area contributed by atoms with Gasteiger partial charge in [-0.3, -0.25) is 9.48 Å². The lowest BCUT2D eigenvalue weighted by Crippen LogP contribution is -2.42. The molecule has 0 radical (unpaired) electrons. The number of carbonyl (C=O) groups excluding carboxylic acids is 2. The zero-order valence-electron chi connectivity index (χ0n) is 17.6. The van der Waals surface area contributed by atoms with Gasteiger partial charge in [0.25, 0.3) is 5.91 Å². The molecular weight excluding hydrogens is 386 g/mol. The highest BCUT2D eigenvalue weighted by atomic mass is 16.6. The first-order chi connectivity index (χ1) is 14.5. The molecule has 0 aromatic carbocycles. The predicted octanol–water partition coefficient (Wildman–Crippen LogP) is 1.37. The normalized spacial score (nSPS) is 15.9. The van der Waals surface area contributed by atoms with Crippen molar-refractivity contribution in [2.45, 2.75) is 38.6 Å². The van der Waals surface area contributed by atoms with Crippen LogP contribution in [0.3, 0.4) is 0 Å². The monoisotopic (exact) mass is 413 g/mol. The molecule has 2 amide bonds. The minimum atomic E-state index is -0.253. The molecule has 160 valence electrons. The summed E-state index contributed by atoms with van der Waals surface area (Å²) >= 11 is 0. The summed E-state index contributed by atoms with van der Waals surface area (Å²) in [6.45, 7) is 3.48. The van der Waals surface area contributed by atoms with Crippen LogP contribution in [0.1, 0.15) is 41.4 Å². The predicted molar refractivity (Wildman–Crippen MR) is 110 cm³/mol. The third kappa shape index (κ3) is 3.69. The zero-order chi connectivity index (χ0) is 21.3. The summed E-state index contributed by atoms with van der Waals surface area (Å²) in [5, 5.41) is 10.5. The molecule has 0 spiro atoms. The molecule has 0 unspecified atom stereocenters. The Labute approximate surface area is 175 Å². The fraction of sp³-hybridized carbons (Fsp3) is 0.550. The Balaban J connectivity index is 1.51. The van der Waals surface area contributed by atoms with E-state index >= 15 is 0 Å². The molecule has 1 saturated heterocycles. The number of nitrogens with zero attached hydrogens (tertiary/aromatic N) is 5. The average Bonchev–Trinajstić information content (AvgIpc) is 3.11. The second kappa shape index (κ2) is 8.29. The molecule has 10 nitrogen and oxygen atoms in total. The number of likely N-dealkylation sites (tertiary alicyclic amines) is 1. The van der Waals surface area contributed by atoms with Crippen LogP contribution in [0.4, 0.5) is 10.7 Å². The lowest BCUT2D eigenvalue weighted by Gasteiger charge is -2.31. The maximum atomic E-state index is 12.2. The van der Waals surface area contributed by atoms with Crippen LogP contribution in [0.2, 0.25) is 0 Å². The summed E-state index contributed by atoms with van der Waals surface area (Å²) in [6, 6.07) is 0.185. The maximum absolute atomic E-state index is 12.2. The quantitative estimate of drug-likeness (QED) is 0.778. The molecule has 10 heteroatoms. The molecule has 2 N–H and O–H groups in total. The maximum Gasteiger partial charge on any atom is 0.409 e. The van der Waals surface area contributed by atoms with E-state index in [0.29, 0.717) is 31.3 Å². The number of aryl methyl sites for hydroxylation is 2. The second-order valence-corrected chi connectivity index (χ2v) is 7.55. The third-order valence-corrected chi connectivity index (χ3v) is 5.67. The first-order valence-corrected chi connectivity index (χ1v) is 10.3. The van der Waals surface area contributed by atoms with Gasteiger partial charge in [-0.05, 0) is 38.2 Å². The summed E-state index contributed by atoms with van der Waals surface area (Å²) < 4.78 is 6.80. The molecule has 0 atom stereocenters. The number of piperidine rings is 1. The molecule has 1 aliphatic carbocycles. The number of amides is 2. The number of aromatic nitrogens is 4. The van der Waals surface area contributed by atoms with Crippen molar-refractivity contribution in [1.29, 1.82) is 0 Å². The summed E-state index contributed by atoms with van der Waals surface area (Å²) in [6.07, 6.45) is 4.72. The highest BCUT2D eigenvalue weighted by molar-refractivity contribution is 5.95. The van der Waals surface area contributed by atoms with Crippen molar-refractivity contribution in [1.82, 2.24) is 30.0 Å². The van der Waals surface area contributed by atoms with Crippen LogP contribution in [0.15, 0.2) is 6.20 Å². The number of anilines is 1. The second-order valence-electron chi connectivity index (χ2n) is 7.55. The lowest BCUT2D eigenvalue weighted by atomic mass is 9.93. The van der Waals surface area contributed by atoms with E-state index in [9.17, 15) is 9.59 Å². The van der Waals surface area contributed by atoms with Crippen molar-refractivity contribution >= 4 is 17.9 Å². The fourth-order valence-electron chi connectivity index (χ4n) is 4.13. The van der Waals surface area contributed by atoms with Gasteiger partial charge in [-0.2, -0.15) is 5.10 Å². The zero-order valence-corrected chi connectivity index (χ0v) is 17.6. The van der Waals surface area contributed by atoms with Crippen molar-refractivity contribution in [3.63, 3.8) is 0 Å². The molecule has 1 aliphatic heterocycles. The third-order valence-electron chi connectivity index (χ3n) is 5.67. The standard InChI is InChI=1S/C20H27N7O3/c1-4-30-20(29)27-9-7-13(8-10-27)23-19-22-11-12-5-6-14-16(18(28)21-2)25-26(3)17(14)15(12)24-19/h11,13H,4-10H2,1-3H3,(H,21,28)(H,22,23,24). The van der Waals surface area contributed by atoms with Crippen LogP contribution in [0.5, 0.6) is 0 Å². The number of hydrogen-bond acceptors (Lipinski definition) is 7. The molecule has 0 saturated carbocycles. The number of fused-ring (bicyclic) bond motifs is 3. The van der Waals surface area contributed by atoms with Crippen LogP contribution in [-0.2, 0) is 24.6 Å². The van der Waals surface area contributed by atoms with E-state index in [-0.39, 0.29) is 18.0 Å². The van der Waals surface area contributed by atoms with Crippen molar-refractivity contribution in [3.05, 3.63) is 23.0 Å². The minimum Gasteiger partial charge on any atom is -0.450 e. The van der Waals surface area contributed by atoms with Crippen LogP contribution >= 0.6 is 0 Å². The van der Waals surface area contributed by atoms with Gasteiger partial charge in [0.15, 0.2) is 5.69 Å². The lowest BCUT2D eigenvalue weighted by molar-refractivity contribution is 0.0954. The van der Waals surface area contributed by atoms with Gasteiger partial charge in [0, 0.05) is 45.0 Å². The van der Waals surface area contributed by atoms with Crippen LogP contribution < -0.4 is 10.6 Å². The highest BCUT2D eigenvalue weighted by Gasteiger charge is 2.29. The highest BCUT2D eigenvalue weighted by Crippen LogP contribution is 2.34. The van der Waals surface area contributed by atoms with Gasteiger partial charge in [0.05, 0.1) is 18.0 Å². The summed E-state index contributed by atoms with van der Waals surface area (Å²) in [5.74, 6) is 0.370. The molecule has 2 aliphatic rings. The van der Waals surface area contributed by atoms with Gasteiger partial charge in [0.2, 0.25) is 5.95 Å². The number of ether oxygens (including phenoxy) is 1. The van der Waals surface area contributed by atoms with Gasteiger partial charge >= 0.3 is 6.09 Å². The Morgan fingerprint density at radius 1 is 1.27 bits per heavy atom. The van der Waals surface area contributed by atoms with Gasteiger partial charge in [-0.25, -0.2) is 14.8 Å². The Morgan fingerprint density at radius 2 is 2.03 bits per heavy atom. The molecule has 4 rings (SSSR count). The fourth-order valence-corrected chi connectivity index (χ4v) is 4.13. The molecule has 30 heavy (non-hydrogen) atoms. The number of carbonyl (C=O) groups is 2. The van der Waals surface area contributed by atoms with Gasteiger partial charge < -0.3 is 20.3 Å². The van der Waals surface area contributed by atoms with E-state index in [1.807, 2.05) is 20.2 Å². The van der Waals surface area contributed by atoms with E-state index in [1.54, 1.807) is 16.6 Å². The number of nitrogens with one attached hydrogen (secondary N) is 2. The van der Waals surface area contributed by atoms with E-state index < -0.39 is 0 Å². The SMILES string of the molecule is CCOC(=O)N1CCC(Nc2ncc3c(n2)-c2c(c(C(=O)NC)nn2C)CC3)CC1. The van der Waals surface area contributed by atoms with Crippen molar-refractivity contribution in [2.24, 2.45) is 7.05 Å².